The first-order valence-corrected chi connectivity index (χ1v) is 5.95. The van der Waals surface area contributed by atoms with Gasteiger partial charge in [-0.15, -0.1) is 6.58 Å². The highest BCUT2D eigenvalue weighted by molar-refractivity contribution is 7.92. The van der Waals surface area contributed by atoms with Gasteiger partial charge in [0.2, 0.25) is 5.91 Å². The van der Waals surface area contributed by atoms with Crippen LogP contribution in [-0.4, -0.2) is 43.6 Å². The van der Waals surface area contributed by atoms with E-state index in [1.807, 2.05) is 0 Å². The second-order valence-electron chi connectivity index (χ2n) is 3.00. The van der Waals surface area contributed by atoms with Crippen molar-refractivity contribution < 1.29 is 18.3 Å². The summed E-state index contributed by atoms with van der Waals surface area (Å²) in [4.78, 5) is 11.0. The largest absolute Gasteiger partial charge is 0.392 e. The van der Waals surface area contributed by atoms with E-state index in [1.54, 1.807) is 0 Å². The van der Waals surface area contributed by atoms with Gasteiger partial charge in [0.15, 0.2) is 9.84 Å². The van der Waals surface area contributed by atoms with Crippen LogP contribution in [0.4, 0.5) is 0 Å². The normalized spacial score (nSPS) is 13.3. The third-order valence-electron chi connectivity index (χ3n) is 1.32. The van der Waals surface area contributed by atoms with Gasteiger partial charge < -0.3 is 10.4 Å². The summed E-state index contributed by atoms with van der Waals surface area (Å²) in [6.07, 6.45) is 0.554. The van der Waals surface area contributed by atoms with Crippen LogP contribution in [0.3, 0.4) is 0 Å². The molecular formula is C8H15NO4S. The molecule has 1 atom stereocenters. The molecule has 0 spiro atoms. The Balaban J connectivity index is 4.00. The fraction of sp³-hybridized carbons (Fsp3) is 0.625. The quantitative estimate of drug-likeness (QED) is 0.568. The maximum Gasteiger partial charge on any atom is 0.235 e. The molecule has 1 unspecified atom stereocenters. The predicted molar refractivity (Wildman–Crippen MR) is 53.5 cm³/mol. The number of aliphatic hydroxyl groups excluding tert-OH is 1. The second-order valence-corrected chi connectivity index (χ2v) is 5.11. The number of carbonyl (C=O) groups excluding carboxylic acids is 1. The minimum Gasteiger partial charge on any atom is -0.392 e. The van der Waals surface area contributed by atoms with E-state index in [-0.39, 0.29) is 12.3 Å². The van der Waals surface area contributed by atoms with E-state index in [0.717, 1.165) is 0 Å². The molecule has 1 amide bonds. The molecule has 0 aliphatic heterocycles. The van der Waals surface area contributed by atoms with Crippen molar-refractivity contribution in [3.05, 3.63) is 12.7 Å². The van der Waals surface area contributed by atoms with Crippen LogP contribution in [0, 0.1) is 0 Å². The monoisotopic (exact) mass is 221 g/mol. The van der Waals surface area contributed by atoms with Crippen LogP contribution in [0.25, 0.3) is 0 Å². The molecule has 0 aliphatic rings. The minimum absolute atomic E-state index is 0.0580. The number of aliphatic hydroxyl groups is 1. The average Bonchev–Trinajstić information content (AvgIpc) is 1.99. The van der Waals surface area contributed by atoms with E-state index in [9.17, 15) is 13.2 Å². The van der Waals surface area contributed by atoms with Crippen molar-refractivity contribution in [2.45, 2.75) is 13.0 Å². The molecule has 5 nitrogen and oxygen atoms in total. The summed E-state index contributed by atoms with van der Waals surface area (Å²) < 4.78 is 22.2. The SMILES string of the molecule is C=CCS(=O)(=O)CC(=O)NCC(C)O. The molecule has 0 saturated heterocycles. The first-order chi connectivity index (χ1) is 6.37. The van der Waals surface area contributed by atoms with E-state index in [0.29, 0.717) is 0 Å². The number of carbonyl (C=O) groups is 1. The highest BCUT2D eigenvalue weighted by Crippen LogP contribution is 1.90. The van der Waals surface area contributed by atoms with Crippen molar-refractivity contribution in [1.29, 1.82) is 0 Å². The van der Waals surface area contributed by atoms with Crippen molar-refractivity contribution in [1.82, 2.24) is 5.32 Å². The molecule has 0 radical (unpaired) electrons. The standard InChI is InChI=1S/C8H15NO4S/c1-3-4-14(12,13)6-8(11)9-5-7(2)10/h3,7,10H,1,4-6H2,2H3,(H,9,11). The maximum absolute atomic E-state index is 11.1. The number of sulfone groups is 1. The van der Waals surface area contributed by atoms with Crippen LogP contribution in [0.2, 0.25) is 0 Å². The van der Waals surface area contributed by atoms with Gasteiger partial charge in [-0.05, 0) is 6.92 Å². The van der Waals surface area contributed by atoms with Gasteiger partial charge in [0, 0.05) is 6.54 Å². The second kappa shape index (κ2) is 5.77. The Morgan fingerprint density at radius 3 is 2.64 bits per heavy atom. The average molecular weight is 221 g/mol. The number of nitrogens with one attached hydrogen (secondary N) is 1. The van der Waals surface area contributed by atoms with Crippen molar-refractivity contribution in [2.75, 3.05) is 18.1 Å². The Kier molecular flexibility index (Phi) is 5.40. The van der Waals surface area contributed by atoms with E-state index in [2.05, 4.69) is 11.9 Å². The lowest BCUT2D eigenvalue weighted by Gasteiger charge is -2.06. The Morgan fingerprint density at radius 2 is 2.21 bits per heavy atom. The molecule has 0 aromatic carbocycles. The van der Waals surface area contributed by atoms with Gasteiger partial charge in [-0.1, -0.05) is 6.08 Å². The van der Waals surface area contributed by atoms with Crippen LogP contribution < -0.4 is 5.32 Å². The van der Waals surface area contributed by atoms with Gasteiger partial charge in [-0.25, -0.2) is 8.42 Å². The molecular weight excluding hydrogens is 206 g/mol. The fourth-order valence-corrected chi connectivity index (χ4v) is 1.73. The van der Waals surface area contributed by atoms with Crippen molar-refractivity contribution in [3.63, 3.8) is 0 Å². The summed E-state index contributed by atoms with van der Waals surface area (Å²) in [5, 5.41) is 11.1. The van der Waals surface area contributed by atoms with E-state index < -0.39 is 27.6 Å². The molecule has 0 aromatic rings. The van der Waals surface area contributed by atoms with Crippen molar-refractivity contribution in [2.24, 2.45) is 0 Å². The van der Waals surface area contributed by atoms with Gasteiger partial charge >= 0.3 is 0 Å². The summed E-state index contributed by atoms with van der Waals surface area (Å²) >= 11 is 0. The first-order valence-electron chi connectivity index (χ1n) is 4.13. The maximum atomic E-state index is 11.1. The molecule has 0 aromatic heterocycles. The van der Waals surface area contributed by atoms with E-state index in [1.165, 1.54) is 13.0 Å². The fourth-order valence-electron chi connectivity index (χ4n) is 0.751. The zero-order chi connectivity index (χ0) is 11.2. The Labute approximate surface area is 83.7 Å². The third-order valence-corrected chi connectivity index (χ3v) is 2.76. The summed E-state index contributed by atoms with van der Waals surface area (Å²) in [5.41, 5.74) is 0. The molecule has 0 bridgehead atoms. The zero-order valence-electron chi connectivity index (χ0n) is 8.06. The minimum atomic E-state index is -3.39. The highest BCUT2D eigenvalue weighted by Gasteiger charge is 2.14. The van der Waals surface area contributed by atoms with Gasteiger partial charge in [-0.3, -0.25) is 4.79 Å². The van der Waals surface area contributed by atoms with E-state index >= 15 is 0 Å². The van der Waals surface area contributed by atoms with Crippen LogP contribution in [0.15, 0.2) is 12.7 Å². The van der Waals surface area contributed by atoms with E-state index in [4.69, 9.17) is 5.11 Å². The molecule has 82 valence electrons. The number of hydrogen-bond acceptors (Lipinski definition) is 4. The van der Waals surface area contributed by atoms with Gasteiger partial charge in [0.25, 0.3) is 0 Å². The Bertz CT molecular complexity index is 294. The van der Waals surface area contributed by atoms with Crippen LogP contribution in [0.5, 0.6) is 0 Å². The predicted octanol–water partition coefficient (Wildman–Crippen LogP) is -0.916. The molecule has 0 fully saturated rings. The van der Waals surface area contributed by atoms with Gasteiger partial charge in [0.1, 0.15) is 5.75 Å². The smallest absolute Gasteiger partial charge is 0.235 e. The number of rotatable bonds is 6. The molecule has 14 heavy (non-hydrogen) atoms. The molecule has 2 N–H and O–H groups in total. The summed E-state index contributed by atoms with van der Waals surface area (Å²) in [5.74, 6) is -1.38. The Hall–Kier alpha value is -0.880. The summed E-state index contributed by atoms with van der Waals surface area (Å²) in [7, 11) is -3.39. The zero-order valence-corrected chi connectivity index (χ0v) is 8.88. The topological polar surface area (TPSA) is 83.5 Å². The van der Waals surface area contributed by atoms with Crippen molar-refractivity contribution >= 4 is 15.7 Å². The Morgan fingerprint density at radius 1 is 1.64 bits per heavy atom. The molecule has 0 rings (SSSR count). The van der Waals surface area contributed by atoms with Gasteiger partial charge in [0.05, 0.1) is 11.9 Å². The summed E-state index contributed by atoms with van der Waals surface area (Å²) in [6, 6.07) is 0. The van der Waals surface area contributed by atoms with Crippen LogP contribution in [0.1, 0.15) is 6.92 Å². The lowest BCUT2D eigenvalue weighted by atomic mass is 10.4. The molecule has 0 heterocycles. The van der Waals surface area contributed by atoms with Crippen LogP contribution in [-0.2, 0) is 14.6 Å². The molecule has 0 aliphatic carbocycles. The lowest BCUT2D eigenvalue weighted by molar-refractivity contribution is -0.119. The summed E-state index contributed by atoms with van der Waals surface area (Å²) in [6.45, 7) is 4.83. The number of hydrogen-bond donors (Lipinski definition) is 2. The lowest BCUT2D eigenvalue weighted by Crippen LogP contribution is -2.35. The highest BCUT2D eigenvalue weighted by atomic mass is 32.2. The van der Waals surface area contributed by atoms with Crippen molar-refractivity contribution in [3.8, 4) is 0 Å². The number of amides is 1. The molecule has 0 saturated carbocycles. The van der Waals surface area contributed by atoms with Crippen LogP contribution >= 0.6 is 0 Å². The third kappa shape index (κ3) is 6.62. The van der Waals surface area contributed by atoms with Gasteiger partial charge in [-0.2, -0.15) is 0 Å². The first kappa shape index (κ1) is 13.1. The molecule has 6 heteroatoms.